The maximum Gasteiger partial charge on any atom is 0.354 e. The van der Waals surface area contributed by atoms with Crippen molar-refractivity contribution in [3.8, 4) is 0 Å². The molecule has 1 heterocycles. The minimum Gasteiger partial charge on any atom is -0.477 e. The van der Waals surface area contributed by atoms with E-state index < -0.39 is 5.97 Å². The molecule has 0 radical (unpaired) electrons. The van der Waals surface area contributed by atoms with E-state index in [1.165, 1.54) is 38.2 Å². The molecule has 18 heavy (non-hydrogen) atoms. The van der Waals surface area contributed by atoms with Gasteiger partial charge in [-0.05, 0) is 30.4 Å². The summed E-state index contributed by atoms with van der Waals surface area (Å²) in [6, 6.07) is 3.32. The molecule has 0 aliphatic heterocycles. The van der Waals surface area contributed by atoms with Crippen molar-refractivity contribution in [2.75, 3.05) is 11.9 Å². The van der Waals surface area contributed by atoms with E-state index in [4.69, 9.17) is 5.11 Å². The molecule has 1 aliphatic rings. The Morgan fingerprint density at radius 1 is 1.39 bits per heavy atom. The first-order valence-corrected chi connectivity index (χ1v) is 6.52. The zero-order valence-corrected chi connectivity index (χ0v) is 10.8. The third kappa shape index (κ3) is 3.22. The molecule has 0 unspecified atom stereocenters. The predicted molar refractivity (Wildman–Crippen MR) is 70.9 cm³/mol. The maximum absolute atomic E-state index is 10.7. The van der Waals surface area contributed by atoms with Gasteiger partial charge in [-0.25, -0.2) is 9.78 Å². The molecule has 0 amide bonds. The van der Waals surface area contributed by atoms with Crippen molar-refractivity contribution in [3.63, 3.8) is 0 Å². The number of pyridine rings is 1. The smallest absolute Gasteiger partial charge is 0.354 e. The van der Waals surface area contributed by atoms with E-state index in [-0.39, 0.29) is 5.69 Å². The Balaban J connectivity index is 1.91. The highest BCUT2D eigenvalue weighted by molar-refractivity contribution is 5.85. The Kier molecular flexibility index (Phi) is 3.84. The Hall–Kier alpha value is -1.58. The van der Waals surface area contributed by atoms with Gasteiger partial charge in [-0.15, -0.1) is 0 Å². The van der Waals surface area contributed by atoms with Crippen LogP contribution in [-0.4, -0.2) is 22.6 Å². The van der Waals surface area contributed by atoms with Crippen molar-refractivity contribution in [1.29, 1.82) is 0 Å². The van der Waals surface area contributed by atoms with Gasteiger partial charge in [0.15, 0.2) is 0 Å². The van der Waals surface area contributed by atoms with Gasteiger partial charge in [-0.1, -0.05) is 26.2 Å². The zero-order valence-electron chi connectivity index (χ0n) is 10.8. The summed E-state index contributed by atoms with van der Waals surface area (Å²) in [6.07, 6.45) is 8.10. The molecule has 1 fully saturated rings. The van der Waals surface area contributed by atoms with Crippen LogP contribution >= 0.6 is 0 Å². The standard InChI is InChI=1S/C14H20N2O2/c1-14(7-3-2-4-8-14)10-16-11-5-6-12(13(17)18)15-9-11/h5-6,9,16H,2-4,7-8,10H2,1H3,(H,17,18). The van der Waals surface area contributed by atoms with Gasteiger partial charge >= 0.3 is 5.97 Å². The van der Waals surface area contributed by atoms with Crippen LogP contribution in [0.25, 0.3) is 0 Å². The minimum absolute atomic E-state index is 0.0874. The van der Waals surface area contributed by atoms with Gasteiger partial charge in [-0.2, -0.15) is 0 Å². The van der Waals surface area contributed by atoms with Gasteiger partial charge < -0.3 is 10.4 Å². The van der Waals surface area contributed by atoms with Crippen molar-refractivity contribution in [3.05, 3.63) is 24.0 Å². The van der Waals surface area contributed by atoms with Crippen LogP contribution in [0.5, 0.6) is 0 Å². The summed E-state index contributed by atoms with van der Waals surface area (Å²) in [4.78, 5) is 14.6. The molecule has 1 aliphatic carbocycles. The number of aromatic carboxylic acids is 1. The van der Waals surface area contributed by atoms with Crippen LogP contribution in [0.2, 0.25) is 0 Å². The van der Waals surface area contributed by atoms with Crippen molar-refractivity contribution < 1.29 is 9.90 Å². The van der Waals surface area contributed by atoms with Crippen LogP contribution in [0, 0.1) is 5.41 Å². The van der Waals surface area contributed by atoms with Gasteiger partial charge in [0, 0.05) is 6.54 Å². The lowest BCUT2D eigenvalue weighted by molar-refractivity contribution is 0.0690. The first-order valence-electron chi connectivity index (χ1n) is 6.52. The summed E-state index contributed by atoms with van der Waals surface area (Å²) < 4.78 is 0. The second-order valence-corrected chi connectivity index (χ2v) is 5.46. The van der Waals surface area contributed by atoms with Gasteiger partial charge in [0.1, 0.15) is 5.69 Å². The molecule has 0 spiro atoms. The van der Waals surface area contributed by atoms with Gasteiger partial charge in [0.25, 0.3) is 0 Å². The summed E-state index contributed by atoms with van der Waals surface area (Å²) in [7, 11) is 0. The summed E-state index contributed by atoms with van der Waals surface area (Å²) in [5.74, 6) is -0.985. The Bertz CT molecular complexity index is 408. The molecule has 1 saturated carbocycles. The fourth-order valence-corrected chi connectivity index (χ4v) is 2.52. The van der Waals surface area contributed by atoms with E-state index in [1.54, 1.807) is 12.3 Å². The van der Waals surface area contributed by atoms with E-state index in [0.29, 0.717) is 5.41 Å². The van der Waals surface area contributed by atoms with Crippen LogP contribution in [0.3, 0.4) is 0 Å². The quantitative estimate of drug-likeness (QED) is 0.859. The maximum atomic E-state index is 10.7. The SMILES string of the molecule is CC1(CNc2ccc(C(=O)O)nc2)CCCCC1. The van der Waals surface area contributed by atoms with Gasteiger partial charge in [0.2, 0.25) is 0 Å². The normalized spacial score (nSPS) is 18.3. The number of carbonyl (C=O) groups is 1. The van der Waals surface area contributed by atoms with Gasteiger partial charge in [0.05, 0.1) is 11.9 Å². The molecule has 1 aromatic rings. The summed E-state index contributed by atoms with van der Waals surface area (Å²) in [6.45, 7) is 3.25. The predicted octanol–water partition coefficient (Wildman–Crippen LogP) is 3.16. The Labute approximate surface area is 107 Å². The van der Waals surface area contributed by atoms with Crippen molar-refractivity contribution in [2.45, 2.75) is 39.0 Å². The molecule has 0 atom stereocenters. The molecule has 0 aromatic carbocycles. The number of hydrogen-bond donors (Lipinski definition) is 2. The van der Waals surface area contributed by atoms with E-state index in [9.17, 15) is 4.79 Å². The molecule has 0 saturated heterocycles. The van der Waals surface area contributed by atoms with Crippen LogP contribution in [-0.2, 0) is 0 Å². The lowest BCUT2D eigenvalue weighted by atomic mass is 9.76. The lowest BCUT2D eigenvalue weighted by Gasteiger charge is -2.34. The molecular formula is C14H20N2O2. The molecule has 4 nitrogen and oxygen atoms in total. The van der Waals surface area contributed by atoms with Crippen LogP contribution in [0.1, 0.15) is 49.5 Å². The third-order valence-electron chi connectivity index (χ3n) is 3.76. The topological polar surface area (TPSA) is 62.2 Å². The van der Waals surface area contributed by atoms with Crippen molar-refractivity contribution in [1.82, 2.24) is 4.98 Å². The monoisotopic (exact) mass is 248 g/mol. The number of nitrogens with one attached hydrogen (secondary N) is 1. The fraction of sp³-hybridized carbons (Fsp3) is 0.571. The van der Waals surface area contributed by atoms with Crippen molar-refractivity contribution >= 4 is 11.7 Å². The van der Waals surface area contributed by atoms with Crippen LogP contribution < -0.4 is 5.32 Å². The van der Waals surface area contributed by atoms with E-state index >= 15 is 0 Å². The second-order valence-electron chi connectivity index (χ2n) is 5.46. The van der Waals surface area contributed by atoms with Gasteiger partial charge in [-0.3, -0.25) is 0 Å². The van der Waals surface area contributed by atoms with E-state index in [0.717, 1.165) is 12.2 Å². The molecule has 2 rings (SSSR count). The third-order valence-corrected chi connectivity index (χ3v) is 3.76. The molecule has 4 heteroatoms. The number of aromatic nitrogens is 1. The Morgan fingerprint density at radius 3 is 2.67 bits per heavy atom. The van der Waals surface area contributed by atoms with E-state index in [1.807, 2.05) is 0 Å². The van der Waals surface area contributed by atoms with Crippen LogP contribution in [0.15, 0.2) is 18.3 Å². The average molecular weight is 248 g/mol. The van der Waals surface area contributed by atoms with Crippen molar-refractivity contribution in [2.24, 2.45) is 5.41 Å². The summed E-state index contributed by atoms with van der Waals surface area (Å²) in [5, 5.41) is 12.1. The summed E-state index contributed by atoms with van der Waals surface area (Å²) in [5.41, 5.74) is 1.35. The molecule has 1 aromatic heterocycles. The number of hydrogen-bond acceptors (Lipinski definition) is 3. The van der Waals surface area contributed by atoms with Crippen LogP contribution in [0.4, 0.5) is 5.69 Å². The minimum atomic E-state index is -0.985. The van der Waals surface area contributed by atoms with E-state index in [2.05, 4.69) is 17.2 Å². The highest BCUT2D eigenvalue weighted by Gasteiger charge is 2.26. The number of nitrogens with zero attached hydrogens (tertiary/aromatic N) is 1. The molecule has 98 valence electrons. The zero-order chi connectivity index (χ0) is 13.0. The highest BCUT2D eigenvalue weighted by atomic mass is 16.4. The molecule has 0 bridgehead atoms. The largest absolute Gasteiger partial charge is 0.477 e. The highest BCUT2D eigenvalue weighted by Crippen LogP contribution is 2.35. The number of anilines is 1. The first-order chi connectivity index (χ1) is 8.59. The number of carboxylic acids is 1. The molecular weight excluding hydrogens is 228 g/mol. The lowest BCUT2D eigenvalue weighted by Crippen LogP contribution is -2.28. The Morgan fingerprint density at radius 2 is 2.11 bits per heavy atom. The summed E-state index contributed by atoms with van der Waals surface area (Å²) >= 11 is 0. The number of rotatable bonds is 4. The fourth-order valence-electron chi connectivity index (χ4n) is 2.52. The second kappa shape index (κ2) is 5.38. The average Bonchev–Trinajstić information content (AvgIpc) is 2.38. The molecule has 2 N–H and O–H groups in total. The number of carboxylic acid groups (broad SMARTS) is 1. The first kappa shape index (κ1) is 12.9.